The lowest BCUT2D eigenvalue weighted by Gasteiger charge is -2.17. The fourth-order valence-electron chi connectivity index (χ4n) is 2.69. The molecule has 1 unspecified atom stereocenters. The van der Waals surface area contributed by atoms with Crippen molar-refractivity contribution in [3.63, 3.8) is 0 Å². The molecular weight excluding hydrogens is 328 g/mol. The van der Waals surface area contributed by atoms with Crippen molar-refractivity contribution in [1.29, 1.82) is 0 Å². The molecule has 0 saturated heterocycles. The molecular formula is C21H28N2O3. The van der Waals surface area contributed by atoms with Gasteiger partial charge in [0.25, 0.3) is 5.91 Å². The highest BCUT2D eigenvalue weighted by atomic mass is 16.5. The molecule has 2 aromatic rings. The molecule has 1 N–H and O–H groups in total. The SMILES string of the molecule is Cc1cc(C(=O)OCC(=O)NC(C)C(C)C)c(C)n1Cc1ccccc1. The van der Waals surface area contributed by atoms with Crippen LogP contribution in [0.3, 0.4) is 0 Å². The van der Waals surface area contributed by atoms with Crippen LogP contribution in [0.15, 0.2) is 36.4 Å². The van der Waals surface area contributed by atoms with E-state index in [1.807, 2.05) is 58.9 Å². The molecule has 0 saturated carbocycles. The van der Waals surface area contributed by atoms with Crippen molar-refractivity contribution < 1.29 is 14.3 Å². The molecule has 1 amide bonds. The first kappa shape index (κ1) is 19.8. The molecule has 0 aliphatic carbocycles. The lowest BCUT2D eigenvalue weighted by Crippen LogP contribution is -2.38. The van der Waals surface area contributed by atoms with Crippen molar-refractivity contribution in [2.75, 3.05) is 6.61 Å². The number of rotatable bonds is 7. The molecule has 0 aliphatic rings. The number of nitrogens with zero attached hydrogens (tertiary/aromatic N) is 1. The zero-order valence-corrected chi connectivity index (χ0v) is 16.2. The van der Waals surface area contributed by atoms with Gasteiger partial charge in [0.2, 0.25) is 0 Å². The predicted octanol–water partition coefficient (Wildman–Crippen LogP) is 3.47. The minimum atomic E-state index is -0.468. The number of aromatic nitrogens is 1. The van der Waals surface area contributed by atoms with Crippen LogP contribution in [0.2, 0.25) is 0 Å². The molecule has 26 heavy (non-hydrogen) atoms. The fraction of sp³-hybridized carbons (Fsp3) is 0.429. The van der Waals surface area contributed by atoms with Gasteiger partial charge in [-0.25, -0.2) is 4.79 Å². The summed E-state index contributed by atoms with van der Waals surface area (Å²) in [7, 11) is 0. The lowest BCUT2D eigenvalue weighted by atomic mass is 10.1. The molecule has 0 aliphatic heterocycles. The number of benzene rings is 1. The van der Waals surface area contributed by atoms with Gasteiger partial charge in [-0.05, 0) is 38.3 Å². The third-order valence-corrected chi connectivity index (χ3v) is 4.70. The second-order valence-corrected chi connectivity index (χ2v) is 7.03. The van der Waals surface area contributed by atoms with E-state index < -0.39 is 5.97 Å². The first-order valence-electron chi connectivity index (χ1n) is 8.96. The van der Waals surface area contributed by atoms with E-state index in [-0.39, 0.29) is 18.6 Å². The zero-order chi connectivity index (χ0) is 19.3. The topological polar surface area (TPSA) is 60.3 Å². The van der Waals surface area contributed by atoms with Crippen LogP contribution in [0.4, 0.5) is 0 Å². The van der Waals surface area contributed by atoms with Gasteiger partial charge in [-0.2, -0.15) is 0 Å². The molecule has 0 spiro atoms. The maximum atomic E-state index is 12.4. The van der Waals surface area contributed by atoms with Crippen molar-refractivity contribution in [1.82, 2.24) is 9.88 Å². The summed E-state index contributed by atoms with van der Waals surface area (Å²) in [5.74, 6) is -0.422. The molecule has 5 nitrogen and oxygen atoms in total. The van der Waals surface area contributed by atoms with E-state index >= 15 is 0 Å². The van der Waals surface area contributed by atoms with Crippen molar-refractivity contribution >= 4 is 11.9 Å². The first-order valence-corrected chi connectivity index (χ1v) is 8.96. The van der Waals surface area contributed by atoms with Crippen LogP contribution < -0.4 is 5.32 Å². The summed E-state index contributed by atoms with van der Waals surface area (Å²) in [5, 5.41) is 2.83. The third-order valence-electron chi connectivity index (χ3n) is 4.70. The van der Waals surface area contributed by atoms with Crippen molar-refractivity contribution in [2.24, 2.45) is 5.92 Å². The zero-order valence-electron chi connectivity index (χ0n) is 16.2. The molecule has 0 fully saturated rings. The van der Waals surface area contributed by atoms with Crippen LogP contribution in [0.1, 0.15) is 48.1 Å². The highest BCUT2D eigenvalue weighted by Crippen LogP contribution is 2.18. The molecule has 0 radical (unpaired) electrons. The summed E-state index contributed by atoms with van der Waals surface area (Å²) in [6.07, 6.45) is 0. The Labute approximate surface area is 155 Å². The fourth-order valence-corrected chi connectivity index (χ4v) is 2.69. The third kappa shape index (κ3) is 4.97. The number of ether oxygens (including phenoxy) is 1. The quantitative estimate of drug-likeness (QED) is 0.773. The van der Waals surface area contributed by atoms with E-state index in [0.717, 1.165) is 17.0 Å². The number of hydrogen-bond acceptors (Lipinski definition) is 3. The van der Waals surface area contributed by atoms with Gasteiger partial charge >= 0.3 is 5.97 Å². The Morgan fingerprint density at radius 2 is 1.77 bits per heavy atom. The molecule has 1 heterocycles. The van der Waals surface area contributed by atoms with Gasteiger partial charge in [-0.15, -0.1) is 0 Å². The molecule has 1 aromatic carbocycles. The van der Waals surface area contributed by atoms with Gasteiger partial charge < -0.3 is 14.6 Å². The van der Waals surface area contributed by atoms with E-state index in [1.165, 1.54) is 0 Å². The van der Waals surface area contributed by atoms with Gasteiger partial charge in [-0.1, -0.05) is 44.2 Å². The van der Waals surface area contributed by atoms with Crippen molar-refractivity contribution in [2.45, 2.75) is 47.2 Å². The summed E-state index contributed by atoms with van der Waals surface area (Å²) in [5.41, 5.74) is 3.49. The van der Waals surface area contributed by atoms with E-state index in [9.17, 15) is 9.59 Å². The second-order valence-electron chi connectivity index (χ2n) is 7.03. The lowest BCUT2D eigenvalue weighted by molar-refractivity contribution is -0.125. The van der Waals surface area contributed by atoms with Gasteiger partial charge in [0.15, 0.2) is 6.61 Å². The van der Waals surface area contributed by atoms with E-state index in [1.54, 1.807) is 0 Å². The van der Waals surface area contributed by atoms with E-state index in [0.29, 0.717) is 18.0 Å². The number of aryl methyl sites for hydroxylation is 1. The number of amides is 1. The number of hydrogen-bond donors (Lipinski definition) is 1. The van der Waals surface area contributed by atoms with Crippen LogP contribution in [0.25, 0.3) is 0 Å². The Bertz CT molecular complexity index is 763. The largest absolute Gasteiger partial charge is 0.452 e. The Hall–Kier alpha value is -2.56. The smallest absolute Gasteiger partial charge is 0.340 e. The summed E-state index contributed by atoms with van der Waals surface area (Å²) in [4.78, 5) is 24.3. The monoisotopic (exact) mass is 356 g/mol. The Morgan fingerprint density at radius 3 is 2.38 bits per heavy atom. The second kappa shape index (κ2) is 8.70. The van der Waals surface area contributed by atoms with Gasteiger partial charge in [0.1, 0.15) is 0 Å². The number of esters is 1. The summed E-state index contributed by atoms with van der Waals surface area (Å²) >= 11 is 0. The Kier molecular flexibility index (Phi) is 6.61. The number of carbonyl (C=O) groups excluding carboxylic acids is 2. The summed E-state index contributed by atoms with van der Waals surface area (Å²) in [6, 6.07) is 11.9. The number of carbonyl (C=O) groups is 2. The number of nitrogens with one attached hydrogen (secondary N) is 1. The average Bonchev–Trinajstić information content (AvgIpc) is 2.88. The van der Waals surface area contributed by atoms with Gasteiger partial charge in [0.05, 0.1) is 5.56 Å². The Morgan fingerprint density at radius 1 is 1.12 bits per heavy atom. The van der Waals surface area contributed by atoms with Crippen LogP contribution in [-0.4, -0.2) is 29.1 Å². The van der Waals surface area contributed by atoms with Crippen LogP contribution >= 0.6 is 0 Å². The molecule has 0 bridgehead atoms. The molecule has 140 valence electrons. The first-order chi connectivity index (χ1) is 12.3. The van der Waals surface area contributed by atoms with Crippen molar-refractivity contribution in [3.8, 4) is 0 Å². The Balaban J connectivity index is 2.01. The van der Waals surface area contributed by atoms with Gasteiger partial charge in [-0.3, -0.25) is 4.79 Å². The van der Waals surface area contributed by atoms with Crippen molar-refractivity contribution in [3.05, 3.63) is 58.9 Å². The van der Waals surface area contributed by atoms with Gasteiger partial charge in [0, 0.05) is 24.0 Å². The molecule has 1 atom stereocenters. The predicted molar refractivity (Wildman–Crippen MR) is 102 cm³/mol. The summed E-state index contributed by atoms with van der Waals surface area (Å²) < 4.78 is 7.28. The normalized spacial score (nSPS) is 12.1. The van der Waals surface area contributed by atoms with E-state index in [2.05, 4.69) is 22.0 Å². The average molecular weight is 356 g/mol. The van der Waals surface area contributed by atoms with Crippen LogP contribution in [-0.2, 0) is 16.1 Å². The van der Waals surface area contributed by atoms with Crippen LogP contribution in [0.5, 0.6) is 0 Å². The standard InChI is InChI=1S/C21H28N2O3/c1-14(2)16(4)22-20(24)13-26-21(25)19-11-15(3)23(17(19)5)12-18-9-7-6-8-10-18/h6-11,14,16H,12-13H2,1-5H3,(H,22,24). The minimum Gasteiger partial charge on any atom is -0.452 e. The molecule has 2 rings (SSSR count). The minimum absolute atomic E-state index is 0.0390. The van der Waals surface area contributed by atoms with Crippen LogP contribution in [0, 0.1) is 19.8 Å². The maximum Gasteiger partial charge on any atom is 0.340 e. The highest BCUT2D eigenvalue weighted by molar-refractivity contribution is 5.92. The maximum absolute atomic E-state index is 12.4. The highest BCUT2D eigenvalue weighted by Gasteiger charge is 2.19. The summed E-state index contributed by atoms with van der Waals surface area (Å²) in [6.45, 7) is 10.3. The molecule has 1 aromatic heterocycles. The molecule has 5 heteroatoms. The van der Waals surface area contributed by atoms with E-state index in [4.69, 9.17) is 4.74 Å².